The first-order valence-electron chi connectivity index (χ1n) is 8.07. The minimum absolute atomic E-state index is 0.619. The van der Waals surface area contributed by atoms with Crippen LogP contribution >= 0.6 is 0 Å². The minimum Gasteiger partial charge on any atom is -0.342 e. The van der Waals surface area contributed by atoms with E-state index in [2.05, 4.69) is 57.2 Å². The second-order valence-corrected chi connectivity index (χ2v) is 5.30. The lowest BCUT2D eigenvalue weighted by Crippen LogP contribution is -2.33. The maximum atomic E-state index is 5.65. The Morgan fingerprint density at radius 2 is 1.23 bits per heavy atom. The zero-order valence-corrected chi connectivity index (χ0v) is 13.7. The number of unbranched alkanes of at least 4 members (excludes halogenated alkanes) is 1. The van der Waals surface area contributed by atoms with Crippen molar-refractivity contribution in [2.24, 2.45) is 0 Å². The average molecular weight is 308 g/mol. The molecule has 0 aliphatic carbocycles. The molecule has 0 saturated heterocycles. The number of ether oxygens (including phenoxy) is 2. The van der Waals surface area contributed by atoms with Gasteiger partial charge in [0.1, 0.15) is 24.8 Å². The van der Waals surface area contributed by atoms with Gasteiger partial charge in [0.25, 0.3) is 0 Å². The molecule has 0 fully saturated rings. The van der Waals surface area contributed by atoms with E-state index in [9.17, 15) is 0 Å². The van der Waals surface area contributed by atoms with Crippen LogP contribution in [0, 0.1) is 0 Å². The van der Waals surface area contributed by atoms with Crippen molar-refractivity contribution in [2.75, 3.05) is 13.2 Å². The summed E-state index contributed by atoms with van der Waals surface area (Å²) in [6, 6.07) is 0. The highest BCUT2D eigenvalue weighted by Crippen LogP contribution is 1.92. The van der Waals surface area contributed by atoms with Gasteiger partial charge in [-0.1, -0.05) is 0 Å². The summed E-state index contributed by atoms with van der Waals surface area (Å²) in [7, 11) is 0. The summed E-state index contributed by atoms with van der Waals surface area (Å²) in [5.74, 6) is 0. The lowest BCUT2D eigenvalue weighted by atomic mass is 10.3. The highest BCUT2D eigenvalue weighted by Gasteiger charge is 2.02. The Bertz CT molecular complexity index is 487. The predicted molar refractivity (Wildman–Crippen MR) is 81.7 cm³/mol. The third-order valence-electron chi connectivity index (χ3n) is 3.53. The maximum Gasteiger partial charge on any atom is 0.245 e. The van der Waals surface area contributed by atoms with Gasteiger partial charge in [0, 0.05) is 0 Å². The van der Waals surface area contributed by atoms with E-state index in [1.807, 2.05) is 12.4 Å². The Morgan fingerprint density at radius 1 is 0.773 bits per heavy atom. The van der Waals surface area contributed by atoms with Crippen LogP contribution in [0.15, 0.2) is 37.4 Å². The molecule has 2 heterocycles. The predicted octanol–water partition coefficient (Wildman–Crippen LogP) is 1.33. The number of hydrogen-bond donors (Lipinski definition) is 0. The van der Waals surface area contributed by atoms with Crippen LogP contribution in [0.5, 0.6) is 0 Å². The molecule has 0 spiro atoms. The molecule has 0 aliphatic rings. The van der Waals surface area contributed by atoms with Gasteiger partial charge >= 0.3 is 0 Å². The fourth-order valence-corrected chi connectivity index (χ4v) is 2.15. The summed E-state index contributed by atoms with van der Waals surface area (Å²) in [5, 5.41) is 0. The summed E-state index contributed by atoms with van der Waals surface area (Å²) >= 11 is 0. The van der Waals surface area contributed by atoms with Crippen molar-refractivity contribution >= 4 is 0 Å². The Labute approximate surface area is 132 Å². The van der Waals surface area contributed by atoms with E-state index in [-0.39, 0.29) is 0 Å². The Kier molecular flexibility index (Phi) is 7.12. The van der Waals surface area contributed by atoms with E-state index in [1.54, 1.807) is 0 Å². The molecule has 0 amide bonds. The number of imidazole rings is 2. The molecule has 2 rings (SSSR count). The number of aryl methyl sites for hydroxylation is 2. The van der Waals surface area contributed by atoms with Crippen molar-refractivity contribution in [3.8, 4) is 0 Å². The molecule has 2 aromatic heterocycles. The number of hydrogen-bond acceptors (Lipinski definition) is 2. The standard InChI is InChI=1S/C16H28N4O2/c1-3-17-7-9-19(13-17)15-21-11-5-6-12-22-16-20-10-8-18(4-2)14-20/h7-10,13-14H,3-6,11-12,15-16H2,1-2H3/q+2. The van der Waals surface area contributed by atoms with Crippen LogP contribution in [0.4, 0.5) is 0 Å². The zero-order valence-electron chi connectivity index (χ0n) is 13.7. The SMILES string of the molecule is CCn1cc[n+](COCCCCOC[n+]2ccn(CC)c2)c1. The lowest BCUT2D eigenvalue weighted by molar-refractivity contribution is -0.733. The number of rotatable bonds is 11. The van der Waals surface area contributed by atoms with Gasteiger partial charge in [0.15, 0.2) is 13.5 Å². The molecular formula is C16H28N4O2+2. The first kappa shape index (κ1) is 16.7. The summed E-state index contributed by atoms with van der Waals surface area (Å²) in [6.07, 6.45) is 14.3. The van der Waals surface area contributed by atoms with Gasteiger partial charge in [0.05, 0.1) is 26.3 Å². The van der Waals surface area contributed by atoms with Crippen LogP contribution < -0.4 is 9.13 Å². The first-order chi connectivity index (χ1) is 10.8. The van der Waals surface area contributed by atoms with Gasteiger partial charge in [-0.05, 0) is 26.7 Å². The van der Waals surface area contributed by atoms with Crippen LogP contribution in [-0.4, -0.2) is 22.3 Å². The molecule has 0 saturated carbocycles. The molecule has 0 atom stereocenters. The highest BCUT2D eigenvalue weighted by atomic mass is 16.5. The monoisotopic (exact) mass is 308 g/mol. The minimum atomic E-state index is 0.619. The van der Waals surface area contributed by atoms with E-state index < -0.39 is 0 Å². The largest absolute Gasteiger partial charge is 0.342 e. The van der Waals surface area contributed by atoms with Gasteiger partial charge in [-0.2, -0.15) is 0 Å². The number of nitrogens with zero attached hydrogens (tertiary/aromatic N) is 4. The second kappa shape index (κ2) is 9.38. The third-order valence-corrected chi connectivity index (χ3v) is 3.53. The smallest absolute Gasteiger partial charge is 0.245 e. The Morgan fingerprint density at radius 3 is 1.59 bits per heavy atom. The average Bonchev–Trinajstić information content (AvgIpc) is 3.18. The second-order valence-electron chi connectivity index (χ2n) is 5.30. The Balaban J connectivity index is 1.45. The Hall–Kier alpha value is -1.66. The molecule has 0 radical (unpaired) electrons. The van der Waals surface area contributed by atoms with Gasteiger partial charge < -0.3 is 9.47 Å². The van der Waals surface area contributed by atoms with Gasteiger partial charge in [-0.25, -0.2) is 18.3 Å². The van der Waals surface area contributed by atoms with Gasteiger partial charge in [-0.15, -0.1) is 0 Å². The molecule has 0 aliphatic heterocycles. The van der Waals surface area contributed by atoms with Crippen molar-refractivity contribution in [2.45, 2.75) is 53.2 Å². The van der Waals surface area contributed by atoms with Crippen LogP contribution in [0.2, 0.25) is 0 Å². The molecule has 6 heteroatoms. The van der Waals surface area contributed by atoms with E-state index >= 15 is 0 Å². The summed E-state index contributed by atoms with van der Waals surface area (Å²) in [5.41, 5.74) is 0. The fraction of sp³-hybridized carbons (Fsp3) is 0.625. The van der Waals surface area contributed by atoms with Crippen molar-refractivity contribution in [3.05, 3.63) is 37.4 Å². The van der Waals surface area contributed by atoms with Crippen LogP contribution in [-0.2, 0) is 36.0 Å². The summed E-state index contributed by atoms with van der Waals surface area (Å²) < 4.78 is 19.6. The summed E-state index contributed by atoms with van der Waals surface area (Å²) in [6.45, 7) is 9.01. The van der Waals surface area contributed by atoms with E-state index in [1.165, 1.54) is 0 Å². The van der Waals surface area contributed by atoms with E-state index in [0.717, 1.165) is 39.1 Å². The highest BCUT2D eigenvalue weighted by molar-refractivity contribution is 4.64. The fourth-order valence-electron chi connectivity index (χ4n) is 2.15. The molecule has 0 aromatic carbocycles. The zero-order chi connectivity index (χ0) is 15.6. The van der Waals surface area contributed by atoms with Gasteiger partial charge in [-0.3, -0.25) is 0 Å². The topological polar surface area (TPSA) is 36.1 Å². The van der Waals surface area contributed by atoms with Crippen LogP contribution in [0.3, 0.4) is 0 Å². The molecular weight excluding hydrogens is 280 g/mol. The first-order valence-corrected chi connectivity index (χ1v) is 8.07. The normalized spacial score (nSPS) is 11.2. The lowest BCUT2D eigenvalue weighted by Gasteiger charge is -2.03. The third kappa shape index (κ3) is 5.61. The quantitative estimate of drug-likeness (QED) is 0.464. The van der Waals surface area contributed by atoms with Crippen molar-refractivity contribution in [1.29, 1.82) is 0 Å². The van der Waals surface area contributed by atoms with Gasteiger partial charge in [0.2, 0.25) is 12.7 Å². The summed E-state index contributed by atoms with van der Waals surface area (Å²) in [4.78, 5) is 0. The van der Waals surface area contributed by atoms with Crippen LogP contribution in [0.25, 0.3) is 0 Å². The molecule has 0 N–H and O–H groups in total. The molecule has 0 bridgehead atoms. The molecule has 22 heavy (non-hydrogen) atoms. The van der Waals surface area contributed by atoms with Crippen molar-refractivity contribution in [3.63, 3.8) is 0 Å². The maximum absolute atomic E-state index is 5.65. The van der Waals surface area contributed by atoms with Crippen molar-refractivity contribution in [1.82, 2.24) is 9.13 Å². The van der Waals surface area contributed by atoms with Crippen LogP contribution in [0.1, 0.15) is 26.7 Å². The number of aromatic nitrogens is 4. The molecule has 2 aromatic rings. The van der Waals surface area contributed by atoms with Crippen molar-refractivity contribution < 1.29 is 18.6 Å². The van der Waals surface area contributed by atoms with E-state index in [4.69, 9.17) is 9.47 Å². The molecule has 6 nitrogen and oxygen atoms in total. The molecule has 0 unspecified atom stereocenters. The van der Waals surface area contributed by atoms with E-state index in [0.29, 0.717) is 13.5 Å². The molecule has 122 valence electrons.